The third kappa shape index (κ3) is 4.29. The maximum atomic E-state index is 13.2. The number of hydrogen-bond acceptors (Lipinski definition) is 5. The molecule has 2 aromatic rings. The molecule has 138 valence electrons. The molecule has 0 bridgehead atoms. The monoisotopic (exact) mass is 359 g/mol. The van der Waals surface area contributed by atoms with E-state index in [0.717, 1.165) is 16.8 Å². The lowest BCUT2D eigenvalue weighted by molar-refractivity contribution is 0.0930. The van der Waals surface area contributed by atoms with Crippen molar-refractivity contribution >= 4 is 11.6 Å². The second-order valence-electron chi connectivity index (χ2n) is 6.26. The predicted octanol–water partition coefficient (Wildman–Crippen LogP) is 2.38. The Kier molecular flexibility index (Phi) is 5.68. The van der Waals surface area contributed by atoms with Gasteiger partial charge in [-0.2, -0.15) is 0 Å². The van der Waals surface area contributed by atoms with Crippen LogP contribution in [0.2, 0.25) is 0 Å². The lowest BCUT2D eigenvalue weighted by Gasteiger charge is -2.25. The Bertz CT molecular complexity index is 780. The van der Waals surface area contributed by atoms with E-state index in [-0.39, 0.29) is 17.8 Å². The third-order valence-corrected chi connectivity index (χ3v) is 4.05. The van der Waals surface area contributed by atoms with Gasteiger partial charge in [0.2, 0.25) is 5.88 Å². The summed E-state index contributed by atoms with van der Waals surface area (Å²) in [7, 11) is 1.57. The molecule has 2 heterocycles. The number of ether oxygens (including phenoxy) is 2. The summed E-state index contributed by atoms with van der Waals surface area (Å²) in [6.45, 7) is 3.30. The molecule has 1 aromatic carbocycles. The van der Waals surface area contributed by atoms with E-state index < -0.39 is 0 Å². The number of amides is 1. The van der Waals surface area contributed by atoms with Crippen LogP contribution in [0.3, 0.4) is 0 Å². The minimum atomic E-state index is -0.293. The first kappa shape index (κ1) is 18.1. The van der Waals surface area contributed by atoms with Gasteiger partial charge in [0, 0.05) is 13.7 Å². The van der Waals surface area contributed by atoms with Gasteiger partial charge in [-0.3, -0.25) is 4.79 Å². The molecule has 0 radical (unpaired) electrons. The summed E-state index contributed by atoms with van der Waals surface area (Å²) in [5, 5.41) is 6.10. The molecule has 3 rings (SSSR count). The zero-order chi connectivity index (χ0) is 18.5. The summed E-state index contributed by atoms with van der Waals surface area (Å²) in [6.07, 6.45) is 0.462. The van der Waals surface area contributed by atoms with Gasteiger partial charge in [-0.05, 0) is 42.7 Å². The molecule has 1 amide bonds. The molecule has 1 aliphatic rings. The normalized spacial score (nSPS) is 15.6. The Morgan fingerprint density at radius 2 is 2.19 bits per heavy atom. The highest BCUT2D eigenvalue weighted by molar-refractivity contribution is 5.94. The Morgan fingerprint density at radius 1 is 1.42 bits per heavy atom. The quantitative estimate of drug-likeness (QED) is 0.775. The molecular formula is C19H22FN3O3. The summed E-state index contributed by atoms with van der Waals surface area (Å²) >= 11 is 0. The lowest BCUT2D eigenvalue weighted by Crippen LogP contribution is -2.32. The van der Waals surface area contributed by atoms with Crippen molar-refractivity contribution in [2.75, 3.05) is 32.2 Å². The topological polar surface area (TPSA) is 72.5 Å². The highest BCUT2D eigenvalue weighted by atomic mass is 19.1. The number of nitrogens with one attached hydrogen (secondary N) is 2. The van der Waals surface area contributed by atoms with Gasteiger partial charge >= 0.3 is 0 Å². The second-order valence-corrected chi connectivity index (χ2v) is 6.26. The molecule has 1 unspecified atom stereocenters. The van der Waals surface area contributed by atoms with Gasteiger partial charge in [-0.1, -0.05) is 12.1 Å². The number of benzene rings is 1. The van der Waals surface area contributed by atoms with Crippen molar-refractivity contribution in [3.63, 3.8) is 0 Å². The maximum absolute atomic E-state index is 13.2. The Hall–Kier alpha value is -2.67. The first-order chi connectivity index (χ1) is 12.6. The summed E-state index contributed by atoms with van der Waals surface area (Å²) in [5.41, 5.74) is 2.70. The number of rotatable bonds is 6. The fourth-order valence-corrected chi connectivity index (χ4v) is 2.77. The van der Waals surface area contributed by atoms with Gasteiger partial charge in [0.05, 0.1) is 18.3 Å². The summed E-state index contributed by atoms with van der Waals surface area (Å²) < 4.78 is 23.8. The lowest BCUT2D eigenvalue weighted by atomic mass is 10.0. The van der Waals surface area contributed by atoms with Gasteiger partial charge in [0.15, 0.2) is 0 Å². The van der Waals surface area contributed by atoms with E-state index in [1.165, 1.54) is 12.1 Å². The fourth-order valence-electron chi connectivity index (χ4n) is 2.77. The molecule has 1 aliphatic heterocycles. The van der Waals surface area contributed by atoms with E-state index in [0.29, 0.717) is 37.8 Å². The van der Waals surface area contributed by atoms with Gasteiger partial charge < -0.3 is 20.1 Å². The van der Waals surface area contributed by atoms with Crippen molar-refractivity contribution in [2.45, 2.75) is 19.4 Å². The van der Waals surface area contributed by atoms with Crippen LogP contribution in [-0.2, 0) is 11.2 Å². The first-order valence-corrected chi connectivity index (χ1v) is 8.51. The standard InChI is InChI=1S/C19H22FN3O3/c1-12-11-26-19-16(22-12)10-14(9-13-3-5-15(20)6-4-13)17(23-19)18(24)21-7-8-25-2/h3-6,10,12,22H,7-9,11H2,1-2H3,(H,21,24). The van der Waals surface area contributed by atoms with Gasteiger partial charge in [-0.15, -0.1) is 0 Å². The molecule has 2 N–H and O–H groups in total. The minimum Gasteiger partial charge on any atom is -0.474 e. The highest BCUT2D eigenvalue weighted by Gasteiger charge is 2.22. The zero-order valence-corrected chi connectivity index (χ0v) is 14.8. The van der Waals surface area contributed by atoms with Gasteiger partial charge in [-0.25, -0.2) is 9.37 Å². The molecular weight excluding hydrogens is 337 g/mol. The number of carbonyl (C=O) groups excluding carboxylic acids is 1. The van der Waals surface area contributed by atoms with Crippen LogP contribution in [0.1, 0.15) is 28.5 Å². The van der Waals surface area contributed by atoms with Crippen molar-refractivity contribution in [1.29, 1.82) is 0 Å². The highest BCUT2D eigenvalue weighted by Crippen LogP contribution is 2.30. The zero-order valence-electron chi connectivity index (χ0n) is 14.8. The number of halogens is 1. The number of pyridine rings is 1. The molecule has 1 aromatic heterocycles. The van der Waals surface area contributed by atoms with Gasteiger partial charge in [0.1, 0.15) is 18.1 Å². The van der Waals surface area contributed by atoms with E-state index >= 15 is 0 Å². The van der Waals surface area contributed by atoms with Crippen molar-refractivity contribution in [1.82, 2.24) is 10.3 Å². The summed E-state index contributed by atoms with van der Waals surface area (Å²) in [4.78, 5) is 17.0. The van der Waals surface area contributed by atoms with Crippen LogP contribution in [-0.4, -0.2) is 43.8 Å². The molecule has 6 nitrogen and oxygen atoms in total. The van der Waals surface area contributed by atoms with Crippen LogP contribution in [0.25, 0.3) is 0 Å². The Balaban J connectivity index is 1.91. The van der Waals surface area contributed by atoms with Crippen LogP contribution in [0.5, 0.6) is 5.88 Å². The van der Waals surface area contributed by atoms with Crippen LogP contribution < -0.4 is 15.4 Å². The molecule has 26 heavy (non-hydrogen) atoms. The van der Waals surface area contributed by atoms with E-state index in [4.69, 9.17) is 9.47 Å². The van der Waals surface area contributed by atoms with E-state index in [1.807, 2.05) is 13.0 Å². The number of methoxy groups -OCH3 is 1. The molecule has 1 atom stereocenters. The Morgan fingerprint density at radius 3 is 2.92 bits per heavy atom. The molecule has 0 saturated heterocycles. The van der Waals surface area contributed by atoms with E-state index in [1.54, 1.807) is 19.2 Å². The molecule has 0 spiro atoms. The van der Waals surface area contributed by atoms with Crippen molar-refractivity contribution in [2.24, 2.45) is 0 Å². The number of hydrogen-bond donors (Lipinski definition) is 2. The molecule has 0 fully saturated rings. The molecule has 7 heteroatoms. The number of anilines is 1. The number of fused-ring (bicyclic) bond motifs is 1. The third-order valence-electron chi connectivity index (χ3n) is 4.05. The van der Waals surface area contributed by atoms with E-state index in [9.17, 15) is 9.18 Å². The fraction of sp³-hybridized carbons (Fsp3) is 0.368. The van der Waals surface area contributed by atoms with Gasteiger partial charge in [0.25, 0.3) is 5.91 Å². The summed E-state index contributed by atoms with van der Waals surface area (Å²) in [6, 6.07) is 8.25. The average Bonchev–Trinajstić information content (AvgIpc) is 2.63. The first-order valence-electron chi connectivity index (χ1n) is 8.51. The van der Waals surface area contributed by atoms with Crippen molar-refractivity contribution < 1.29 is 18.7 Å². The van der Waals surface area contributed by atoms with Crippen LogP contribution >= 0.6 is 0 Å². The summed E-state index contributed by atoms with van der Waals surface area (Å²) in [5.74, 6) is -0.161. The maximum Gasteiger partial charge on any atom is 0.270 e. The molecule has 0 saturated carbocycles. The number of aromatic nitrogens is 1. The van der Waals surface area contributed by atoms with Crippen LogP contribution in [0, 0.1) is 5.82 Å². The largest absolute Gasteiger partial charge is 0.474 e. The van der Waals surface area contributed by atoms with E-state index in [2.05, 4.69) is 15.6 Å². The number of nitrogens with zero attached hydrogens (tertiary/aromatic N) is 1. The van der Waals surface area contributed by atoms with Crippen molar-refractivity contribution in [3.05, 3.63) is 53.0 Å². The predicted molar refractivity (Wildman–Crippen MR) is 96.2 cm³/mol. The number of carbonyl (C=O) groups is 1. The van der Waals surface area contributed by atoms with Crippen molar-refractivity contribution in [3.8, 4) is 5.88 Å². The second kappa shape index (κ2) is 8.14. The SMILES string of the molecule is COCCNC(=O)c1nc2c(cc1Cc1ccc(F)cc1)NC(C)CO2. The molecule has 0 aliphatic carbocycles. The van der Waals surface area contributed by atoms with Crippen LogP contribution in [0.15, 0.2) is 30.3 Å². The van der Waals surface area contributed by atoms with Crippen LogP contribution in [0.4, 0.5) is 10.1 Å². The Labute approximate surface area is 151 Å². The minimum absolute atomic E-state index is 0.157. The smallest absolute Gasteiger partial charge is 0.270 e. The average molecular weight is 359 g/mol.